The maximum atomic E-state index is 12.2. The van der Waals surface area contributed by atoms with Crippen molar-refractivity contribution in [3.8, 4) is 0 Å². The third kappa shape index (κ3) is 5.81. The molecular weight excluding hydrogens is 324 g/mol. The van der Waals surface area contributed by atoms with Crippen LogP contribution in [0, 0.1) is 0 Å². The number of benzene rings is 2. The lowest BCUT2D eigenvalue weighted by Gasteiger charge is -2.20. The Kier molecular flexibility index (Phi) is 6.32. The summed E-state index contributed by atoms with van der Waals surface area (Å²) in [5.74, 6) is -0.114. The van der Waals surface area contributed by atoms with Gasteiger partial charge in [0.25, 0.3) is 0 Å². The normalized spacial score (nSPS) is 11.5. The quantitative estimate of drug-likeness (QED) is 0.791. The number of anilines is 1. The number of carbonyl (C=O) groups is 2. The molecular formula is C22H28N2O2. The number of nitrogens with zero attached hydrogens (tertiary/aromatic N) is 1. The fourth-order valence-corrected chi connectivity index (χ4v) is 2.74. The SMILES string of the molecule is CC(=O)c1cccc(NC(=O)CN(C)Cc2ccc(C(C)(C)C)cc2)c1. The monoisotopic (exact) mass is 352 g/mol. The lowest BCUT2D eigenvalue weighted by atomic mass is 9.87. The van der Waals surface area contributed by atoms with E-state index in [4.69, 9.17) is 0 Å². The van der Waals surface area contributed by atoms with E-state index in [1.807, 2.05) is 11.9 Å². The zero-order valence-electron chi connectivity index (χ0n) is 16.3. The van der Waals surface area contributed by atoms with Gasteiger partial charge in [0.1, 0.15) is 0 Å². The Morgan fingerprint density at radius 3 is 2.27 bits per heavy atom. The molecule has 0 atom stereocenters. The van der Waals surface area contributed by atoms with E-state index in [1.165, 1.54) is 18.1 Å². The molecule has 2 aromatic carbocycles. The van der Waals surface area contributed by atoms with Gasteiger partial charge in [0.15, 0.2) is 5.78 Å². The Balaban J connectivity index is 1.91. The van der Waals surface area contributed by atoms with Crippen LogP contribution < -0.4 is 5.32 Å². The lowest BCUT2D eigenvalue weighted by molar-refractivity contribution is -0.117. The number of hydrogen-bond donors (Lipinski definition) is 1. The van der Waals surface area contributed by atoms with Gasteiger partial charge in [-0.25, -0.2) is 0 Å². The molecule has 0 aromatic heterocycles. The second kappa shape index (κ2) is 8.28. The number of ketones is 1. The topological polar surface area (TPSA) is 49.4 Å². The Hall–Kier alpha value is -2.46. The third-order valence-electron chi connectivity index (χ3n) is 4.24. The van der Waals surface area contributed by atoms with E-state index in [9.17, 15) is 9.59 Å². The highest BCUT2D eigenvalue weighted by atomic mass is 16.2. The minimum Gasteiger partial charge on any atom is -0.325 e. The molecule has 0 unspecified atom stereocenters. The molecule has 4 nitrogen and oxygen atoms in total. The summed E-state index contributed by atoms with van der Waals surface area (Å²) in [5, 5.41) is 2.85. The molecule has 0 bridgehead atoms. The van der Waals surface area contributed by atoms with Crippen molar-refractivity contribution in [1.82, 2.24) is 4.90 Å². The average molecular weight is 352 g/mol. The first-order chi connectivity index (χ1) is 12.1. The fourth-order valence-electron chi connectivity index (χ4n) is 2.74. The van der Waals surface area contributed by atoms with E-state index in [1.54, 1.807) is 24.3 Å². The zero-order chi connectivity index (χ0) is 19.3. The minimum atomic E-state index is -0.0977. The number of Topliss-reactive ketones (excluding diaryl/α,β-unsaturated/α-hetero) is 1. The molecule has 0 spiro atoms. The van der Waals surface area contributed by atoms with Gasteiger partial charge in [0.2, 0.25) is 5.91 Å². The van der Waals surface area contributed by atoms with Crippen LogP contribution in [0.25, 0.3) is 0 Å². The number of amides is 1. The molecule has 0 saturated carbocycles. The standard InChI is InChI=1S/C22H28N2O2/c1-16(25)18-7-6-8-20(13-18)23-21(26)15-24(5)14-17-9-11-19(12-10-17)22(2,3)4/h6-13H,14-15H2,1-5H3,(H,23,26). The van der Waals surface area contributed by atoms with Crippen LogP contribution in [0.3, 0.4) is 0 Å². The van der Waals surface area contributed by atoms with Crippen molar-refractivity contribution < 1.29 is 9.59 Å². The van der Waals surface area contributed by atoms with Crippen molar-refractivity contribution in [3.05, 3.63) is 65.2 Å². The first kappa shape index (κ1) is 19.9. The lowest BCUT2D eigenvalue weighted by Crippen LogP contribution is -2.29. The van der Waals surface area contributed by atoms with Crippen molar-refractivity contribution in [2.24, 2.45) is 0 Å². The summed E-state index contributed by atoms with van der Waals surface area (Å²) in [6, 6.07) is 15.5. The van der Waals surface area contributed by atoms with Crippen molar-refractivity contribution in [2.75, 3.05) is 18.9 Å². The second-order valence-electron chi connectivity index (χ2n) is 7.80. The Labute approximate surface area is 156 Å². The minimum absolute atomic E-state index is 0.0167. The molecule has 1 N–H and O–H groups in total. The smallest absolute Gasteiger partial charge is 0.238 e. The molecule has 26 heavy (non-hydrogen) atoms. The summed E-state index contributed by atoms with van der Waals surface area (Å²) >= 11 is 0. The predicted molar refractivity (Wildman–Crippen MR) is 107 cm³/mol. The van der Waals surface area contributed by atoms with E-state index in [0.29, 0.717) is 17.8 Å². The zero-order valence-corrected chi connectivity index (χ0v) is 16.3. The molecule has 2 rings (SSSR count). The number of carbonyl (C=O) groups excluding carboxylic acids is 2. The van der Waals surface area contributed by atoms with Crippen LogP contribution in [0.4, 0.5) is 5.69 Å². The molecule has 0 fully saturated rings. The highest BCUT2D eigenvalue weighted by molar-refractivity contribution is 5.97. The van der Waals surface area contributed by atoms with Crippen molar-refractivity contribution >= 4 is 17.4 Å². The number of likely N-dealkylation sites (N-methyl/N-ethyl adjacent to an activating group) is 1. The number of nitrogens with one attached hydrogen (secondary N) is 1. The summed E-state index contributed by atoms with van der Waals surface area (Å²) in [6.45, 7) is 9.08. The molecule has 1 amide bonds. The van der Waals surface area contributed by atoms with Crippen LogP contribution in [0.15, 0.2) is 48.5 Å². The van der Waals surface area contributed by atoms with Crippen LogP contribution in [0.5, 0.6) is 0 Å². The van der Waals surface area contributed by atoms with Crippen LogP contribution in [-0.4, -0.2) is 30.2 Å². The Morgan fingerprint density at radius 2 is 1.69 bits per heavy atom. The maximum Gasteiger partial charge on any atom is 0.238 e. The highest BCUT2D eigenvalue weighted by Gasteiger charge is 2.13. The number of hydrogen-bond acceptors (Lipinski definition) is 3. The summed E-state index contributed by atoms with van der Waals surface area (Å²) in [5.41, 5.74) is 3.85. The Bertz CT molecular complexity index is 773. The van der Waals surface area contributed by atoms with Gasteiger partial charge in [0.05, 0.1) is 6.54 Å². The van der Waals surface area contributed by atoms with Crippen LogP contribution in [0.2, 0.25) is 0 Å². The van der Waals surface area contributed by atoms with E-state index in [0.717, 1.165) is 0 Å². The summed E-state index contributed by atoms with van der Waals surface area (Å²) in [6.07, 6.45) is 0. The average Bonchev–Trinajstić information content (AvgIpc) is 2.54. The van der Waals surface area contributed by atoms with Gasteiger partial charge in [-0.05, 0) is 42.6 Å². The van der Waals surface area contributed by atoms with Gasteiger partial charge in [0, 0.05) is 17.8 Å². The first-order valence-corrected chi connectivity index (χ1v) is 8.84. The van der Waals surface area contributed by atoms with Crippen LogP contribution in [-0.2, 0) is 16.8 Å². The highest BCUT2D eigenvalue weighted by Crippen LogP contribution is 2.22. The van der Waals surface area contributed by atoms with E-state index in [2.05, 4.69) is 50.4 Å². The summed E-state index contributed by atoms with van der Waals surface area (Å²) in [7, 11) is 1.92. The molecule has 0 radical (unpaired) electrons. The van der Waals surface area contributed by atoms with Crippen LogP contribution >= 0.6 is 0 Å². The van der Waals surface area contributed by atoms with E-state index in [-0.39, 0.29) is 23.7 Å². The van der Waals surface area contributed by atoms with Gasteiger partial charge in [-0.2, -0.15) is 0 Å². The molecule has 4 heteroatoms. The summed E-state index contributed by atoms with van der Waals surface area (Å²) in [4.78, 5) is 25.6. The predicted octanol–water partition coefficient (Wildman–Crippen LogP) is 4.26. The molecule has 2 aromatic rings. The second-order valence-corrected chi connectivity index (χ2v) is 7.80. The maximum absolute atomic E-state index is 12.2. The third-order valence-corrected chi connectivity index (χ3v) is 4.24. The van der Waals surface area contributed by atoms with Gasteiger partial charge >= 0.3 is 0 Å². The van der Waals surface area contributed by atoms with Gasteiger partial charge in [-0.15, -0.1) is 0 Å². The Morgan fingerprint density at radius 1 is 1.04 bits per heavy atom. The molecule has 0 saturated heterocycles. The molecule has 0 aliphatic rings. The molecule has 0 heterocycles. The molecule has 0 aliphatic carbocycles. The van der Waals surface area contributed by atoms with Crippen molar-refractivity contribution in [2.45, 2.75) is 39.7 Å². The van der Waals surface area contributed by atoms with Crippen molar-refractivity contribution in [1.29, 1.82) is 0 Å². The molecule has 138 valence electrons. The first-order valence-electron chi connectivity index (χ1n) is 8.84. The molecule has 0 aliphatic heterocycles. The summed E-state index contributed by atoms with van der Waals surface area (Å²) < 4.78 is 0. The number of rotatable bonds is 6. The van der Waals surface area contributed by atoms with E-state index >= 15 is 0 Å². The van der Waals surface area contributed by atoms with Crippen molar-refractivity contribution in [3.63, 3.8) is 0 Å². The van der Waals surface area contributed by atoms with Gasteiger partial charge < -0.3 is 5.32 Å². The van der Waals surface area contributed by atoms with Gasteiger partial charge in [-0.1, -0.05) is 57.2 Å². The fraction of sp³-hybridized carbons (Fsp3) is 0.364. The van der Waals surface area contributed by atoms with Gasteiger partial charge in [-0.3, -0.25) is 14.5 Å². The van der Waals surface area contributed by atoms with Crippen LogP contribution in [0.1, 0.15) is 49.2 Å². The van der Waals surface area contributed by atoms with E-state index < -0.39 is 0 Å². The largest absolute Gasteiger partial charge is 0.325 e.